The lowest BCUT2D eigenvalue weighted by atomic mass is 9.85. The fourth-order valence-electron chi connectivity index (χ4n) is 0.531. The van der Waals surface area contributed by atoms with Crippen molar-refractivity contribution in [3.63, 3.8) is 0 Å². The summed E-state index contributed by atoms with van der Waals surface area (Å²) >= 11 is 0. The molecule has 0 rings (SSSR count). The van der Waals surface area contributed by atoms with Gasteiger partial charge in [-0.2, -0.15) is 0 Å². The van der Waals surface area contributed by atoms with Gasteiger partial charge in [0.2, 0.25) is 0 Å². The van der Waals surface area contributed by atoms with E-state index in [-0.39, 0.29) is 13.0 Å². The largest absolute Gasteiger partial charge is 0.478 e. The average molecular weight is 169 g/mol. The lowest BCUT2D eigenvalue weighted by Gasteiger charge is -2.12. The Balaban J connectivity index is 3.22. The Morgan fingerprint density at radius 3 is 2.36 bits per heavy atom. The second-order valence-corrected chi connectivity index (χ2v) is 2.19. The van der Waals surface area contributed by atoms with Gasteiger partial charge >= 0.3 is 12.9 Å². The number of hydrogen-bond donors (Lipinski definition) is 0. The number of hydrogen-bond acceptors (Lipinski definition) is 2. The maximum atomic E-state index is 11.5. The maximum absolute atomic E-state index is 11.5. The van der Waals surface area contributed by atoms with Crippen LogP contribution in [0.2, 0.25) is 6.32 Å². The van der Waals surface area contributed by atoms with Gasteiger partial charge in [-0.1, -0.05) is 6.32 Å². The molecule has 0 N–H and O–H groups in total. The van der Waals surface area contributed by atoms with Crippen LogP contribution in [0.15, 0.2) is 0 Å². The van der Waals surface area contributed by atoms with Crippen molar-refractivity contribution in [1.82, 2.24) is 0 Å². The number of ether oxygens (including phenoxy) is 1. The Labute approximate surface area is 62.8 Å². The van der Waals surface area contributed by atoms with E-state index in [1.54, 1.807) is 0 Å². The molecule has 11 heavy (non-hydrogen) atoms. The second kappa shape index (κ2) is 4.25. The Hall–Kier alpha value is -0.675. The summed E-state index contributed by atoms with van der Waals surface area (Å²) in [7, 11) is 0. The standard InChI is InChI=1S/C5H9BF3O2/c1-5(10)11-4-2-3-6(7,8)9/h2-4H2,1H3/q-1. The van der Waals surface area contributed by atoms with Gasteiger partial charge in [0.25, 0.3) is 0 Å². The van der Waals surface area contributed by atoms with E-state index in [0.717, 1.165) is 0 Å². The summed E-state index contributed by atoms with van der Waals surface area (Å²) in [4.78, 5) is 10.1. The Morgan fingerprint density at radius 2 is 2.00 bits per heavy atom. The molecule has 0 aliphatic heterocycles. The zero-order chi connectivity index (χ0) is 8.91. The van der Waals surface area contributed by atoms with Crippen LogP contribution in [0.4, 0.5) is 12.9 Å². The van der Waals surface area contributed by atoms with E-state index in [9.17, 15) is 17.7 Å². The van der Waals surface area contributed by atoms with Crippen molar-refractivity contribution < 1.29 is 22.5 Å². The predicted octanol–water partition coefficient (Wildman–Crippen LogP) is 1.79. The molecule has 0 aliphatic carbocycles. The first-order chi connectivity index (χ1) is 4.92. The van der Waals surface area contributed by atoms with E-state index in [2.05, 4.69) is 4.74 Å². The molecule has 0 bridgehead atoms. The second-order valence-electron chi connectivity index (χ2n) is 2.19. The molecule has 0 aliphatic rings. The van der Waals surface area contributed by atoms with Crippen molar-refractivity contribution >= 4 is 12.9 Å². The first-order valence-electron chi connectivity index (χ1n) is 3.26. The van der Waals surface area contributed by atoms with Gasteiger partial charge in [0.15, 0.2) is 0 Å². The van der Waals surface area contributed by atoms with E-state index in [1.165, 1.54) is 6.92 Å². The third-order valence-corrected chi connectivity index (χ3v) is 0.981. The molecule has 0 fully saturated rings. The van der Waals surface area contributed by atoms with E-state index in [0.29, 0.717) is 0 Å². The normalized spacial score (nSPS) is 11.3. The lowest BCUT2D eigenvalue weighted by molar-refractivity contribution is -0.140. The summed E-state index contributed by atoms with van der Waals surface area (Å²) < 4.78 is 38.8. The number of halogens is 3. The van der Waals surface area contributed by atoms with Gasteiger partial charge in [-0.25, -0.2) is 0 Å². The zero-order valence-corrected chi connectivity index (χ0v) is 6.15. The van der Waals surface area contributed by atoms with Gasteiger partial charge in [0.1, 0.15) is 0 Å². The molecule has 0 unspecified atom stereocenters. The Bertz CT molecular complexity index is 134. The zero-order valence-electron chi connectivity index (χ0n) is 6.15. The molecular weight excluding hydrogens is 160 g/mol. The van der Waals surface area contributed by atoms with E-state index in [4.69, 9.17) is 0 Å². The van der Waals surface area contributed by atoms with Gasteiger partial charge in [0, 0.05) is 6.92 Å². The molecule has 2 nitrogen and oxygen atoms in total. The van der Waals surface area contributed by atoms with Crippen LogP contribution in [-0.4, -0.2) is 19.6 Å². The molecule has 0 aromatic heterocycles. The van der Waals surface area contributed by atoms with Crippen molar-refractivity contribution in [3.8, 4) is 0 Å². The van der Waals surface area contributed by atoms with E-state index >= 15 is 0 Å². The molecule has 0 aromatic carbocycles. The highest BCUT2D eigenvalue weighted by Crippen LogP contribution is 2.16. The molecule has 0 spiro atoms. The van der Waals surface area contributed by atoms with Crippen LogP contribution in [0, 0.1) is 0 Å². The number of rotatable bonds is 4. The monoisotopic (exact) mass is 169 g/mol. The van der Waals surface area contributed by atoms with Crippen molar-refractivity contribution in [3.05, 3.63) is 0 Å². The van der Waals surface area contributed by atoms with Crippen LogP contribution >= 0.6 is 0 Å². The minimum absolute atomic E-state index is 0.136. The van der Waals surface area contributed by atoms with Crippen molar-refractivity contribution in [2.75, 3.05) is 6.61 Å². The summed E-state index contributed by atoms with van der Waals surface area (Å²) in [6.07, 6.45) is -0.976. The smallest absolute Gasteiger partial charge is 0.466 e. The summed E-state index contributed by atoms with van der Waals surface area (Å²) in [6.45, 7) is -3.70. The van der Waals surface area contributed by atoms with Crippen LogP contribution in [0.5, 0.6) is 0 Å². The molecule has 0 amide bonds. The average Bonchev–Trinajstić information content (AvgIpc) is 1.78. The van der Waals surface area contributed by atoms with Crippen LogP contribution in [0.3, 0.4) is 0 Å². The van der Waals surface area contributed by atoms with Crippen LogP contribution < -0.4 is 0 Å². The Kier molecular flexibility index (Phi) is 3.99. The highest BCUT2D eigenvalue weighted by Gasteiger charge is 2.21. The van der Waals surface area contributed by atoms with Crippen LogP contribution in [0.25, 0.3) is 0 Å². The highest BCUT2D eigenvalue weighted by molar-refractivity contribution is 6.58. The van der Waals surface area contributed by atoms with Crippen molar-refractivity contribution in [2.45, 2.75) is 19.7 Å². The fraction of sp³-hybridized carbons (Fsp3) is 0.800. The van der Waals surface area contributed by atoms with E-state index < -0.39 is 19.3 Å². The fourth-order valence-corrected chi connectivity index (χ4v) is 0.531. The molecule has 6 heteroatoms. The third-order valence-electron chi connectivity index (χ3n) is 0.981. The van der Waals surface area contributed by atoms with E-state index in [1.807, 2.05) is 0 Å². The predicted molar refractivity (Wildman–Crippen MR) is 35.1 cm³/mol. The quantitative estimate of drug-likeness (QED) is 0.364. The third kappa shape index (κ3) is 9.32. The highest BCUT2D eigenvalue weighted by atomic mass is 19.4. The first-order valence-corrected chi connectivity index (χ1v) is 3.26. The Morgan fingerprint density at radius 1 is 1.45 bits per heavy atom. The summed E-state index contributed by atoms with van der Waals surface area (Å²) in [5, 5.41) is 0. The minimum Gasteiger partial charge on any atom is -0.466 e. The minimum atomic E-state index is -4.72. The van der Waals surface area contributed by atoms with Crippen molar-refractivity contribution in [1.29, 1.82) is 0 Å². The van der Waals surface area contributed by atoms with Gasteiger partial charge in [0.05, 0.1) is 6.61 Å². The summed E-state index contributed by atoms with van der Waals surface area (Å²) in [6, 6.07) is 0. The molecular formula is C5H9BF3O2-. The van der Waals surface area contributed by atoms with Gasteiger partial charge in [-0.15, -0.1) is 0 Å². The number of carbonyl (C=O) groups excluding carboxylic acids is 1. The molecule has 0 saturated heterocycles. The SMILES string of the molecule is CC(=O)OCCC[B-](F)(F)F. The number of carbonyl (C=O) groups is 1. The van der Waals surface area contributed by atoms with Crippen LogP contribution in [-0.2, 0) is 9.53 Å². The molecule has 0 saturated carbocycles. The molecule has 0 radical (unpaired) electrons. The molecule has 0 aromatic rings. The van der Waals surface area contributed by atoms with Gasteiger partial charge < -0.3 is 17.7 Å². The summed E-state index contributed by atoms with van der Waals surface area (Å²) in [5.74, 6) is -0.542. The van der Waals surface area contributed by atoms with Gasteiger partial charge in [-0.05, 0) is 6.42 Å². The topological polar surface area (TPSA) is 26.3 Å². The van der Waals surface area contributed by atoms with Crippen molar-refractivity contribution in [2.24, 2.45) is 0 Å². The molecule has 0 atom stereocenters. The first kappa shape index (κ1) is 10.3. The maximum Gasteiger partial charge on any atom is 0.478 e. The number of esters is 1. The molecule has 0 heterocycles. The lowest BCUT2D eigenvalue weighted by Crippen LogP contribution is -2.15. The molecule has 66 valence electrons. The van der Waals surface area contributed by atoms with Gasteiger partial charge in [-0.3, -0.25) is 4.79 Å². The van der Waals surface area contributed by atoms with Crippen LogP contribution in [0.1, 0.15) is 13.3 Å². The summed E-state index contributed by atoms with van der Waals surface area (Å²) in [5.41, 5.74) is 0.